The monoisotopic (exact) mass is 377 g/mol. The SMILES string of the molecule is CCC(=O)N1CC2CCCC(C1)N2C/C=C/c1cc([N+](=O)[O-])ccc1Cl. The normalized spacial score (nSPS) is 23.4. The number of nitro benzene ring substituents is 1. The molecule has 0 N–H and O–H groups in total. The highest BCUT2D eigenvalue weighted by Crippen LogP contribution is 2.29. The molecule has 2 heterocycles. The van der Waals surface area contributed by atoms with Crippen molar-refractivity contribution in [1.29, 1.82) is 0 Å². The highest BCUT2D eigenvalue weighted by atomic mass is 35.5. The zero-order chi connectivity index (χ0) is 18.7. The second-order valence-corrected chi connectivity index (χ2v) is 7.36. The van der Waals surface area contributed by atoms with Crippen molar-refractivity contribution in [2.24, 2.45) is 0 Å². The van der Waals surface area contributed by atoms with Crippen molar-refractivity contribution in [1.82, 2.24) is 9.80 Å². The molecular weight excluding hydrogens is 354 g/mol. The minimum absolute atomic E-state index is 0.0395. The molecule has 2 bridgehead atoms. The van der Waals surface area contributed by atoms with Crippen molar-refractivity contribution in [2.75, 3.05) is 19.6 Å². The van der Waals surface area contributed by atoms with Gasteiger partial charge in [0.15, 0.2) is 0 Å². The lowest BCUT2D eigenvalue weighted by molar-refractivity contribution is -0.384. The molecule has 2 unspecified atom stereocenters. The van der Waals surface area contributed by atoms with E-state index in [0.717, 1.165) is 32.5 Å². The Labute approximate surface area is 158 Å². The summed E-state index contributed by atoms with van der Waals surface area (Å²) in [6.45, 7) is 4.28. The summed E-state index contributed by atoms with van der Waals surface area (Å²) in [7, 11) is 0. The van der Waals surface area contributed by atoms with Gasteiger partial charge in [-0.25, -0.2) is 0 Å². The molecule has 2 fully saturated rings. The number of piperazine rings is 1. The van der Waals surface area contributed by atoms with Gasteiger partial charge in [-0.15, -0.1) is 0 Å². The number of benzene rings is 1. The van der Waals surface area contributed by atoms with E-state index in [0.29, 0.717) is 29.1 Å². The summed E-state index contributed by atoms with van der Waals surface area (Å²) >= 11 is 6.16. The number of hydrogen-bond donors (Lipinski definition) is 0. The van der Waals surface area contributed by atoms with E-state index in [1.54, 1.807) is 6.07 Å². The van der Waals surface area contributed by atoms with Crippen molar-refractivity contribution in [3.8, 4) is 0 Å². The van der Waals surface area contributed by atoms with Gasteiger partial charge in [-0.2, -0.15) is 0 Å². The van der Waals surface area contributed by atoms with Gasteiger partial charge in [0.2, 0.25) is 5.91 Å². The molecule has 2 aliphatic rings. The Kier molecular flexibility index (Phi) is 5.94. The molecule has 1 aromatic rings. The van der Waals surface area contributed by atoms with Gasteiger partial charge in [0, 0.05) is 55.3 Å². The molecule has 26 heavy (non-hydrogen) atoms. The first-order chi connectivity index (χ1) is 12.5. The fourth-order valence-electron chi connectivity index (χ4n) is 3.99. The van der Waals surface area contributed by atoms with E-state index in [-0.39, 0.29) is 11.6 Å². The van der Waals surface area contributed by atoms with Crippen molar-refractivity contribution >= 4 is 29.3 Å². The molecule has 3 rings (SSSR count). The van der Waals surface area contributed by atoms with Crippen LogP contribution in [0.2, 0.25) is 5.02 Å². The second kappa shape index (κ2) is 8.18. The molecule has 2 aliphatic heterocycles. The second-order valence-electron chi connectivity index (χ2n) is 6.95. The number of hydrogen-bond acceptors (Lipinski definition) is 4. The van der Waals surface area contributed by atoms with Crippen LogP contribution in [0.15, 0.2) is 24.3 Å². The smallest absolute Gasteiger partial charge is 0.270 e. The number of carbonyl (C=O) groups is 1. The van der Waals surface area contributed by atoms with Crippen molar-refractivity contribution in [3.63, 3.8) is 0 Å². The van der Waals surface area contributed by atoms with Crippen LogP contribution in [0.1, 0.15) is 38.2 Å². The zero-order valence-electron chi connectivity index (χ0n) is 14.9. The number of amides is 1. The highest BCUT2D eigenvalue weighted by molar-refractivity contribution is 6.32. The zero-order valence-corrected chi connectivity index (χ0v) is 15.7. The summed E-state index contributed by atoms with van der Waals surface area (Å²) in [5, 5.41) is 11.4. The van der Waals surface area contributed by atoms with E-state index in [1.165, 1.54) is 18.6 Å². The number of piperidine rings is 1. The fourth-order valence-corrected chi connectivity index (χ4v) is 4.17. The van der Waals surface area contributed by atoms with Crippen molar-refractivity contribution in [3.05, 3.63) is 45.0 Å². The fraction of sp³-hybridized carbons (Fsp3) is 0.526. The Morgan fingerprint density at radius 1 is 1.35 bits per heavy atom. The van der Waals surface area contributed by atoms with Gasteiger partial charge in [0.05, 0.1) is 4.92 Å². The van der Waals surface area contributed by atoms with E-state index in [9.17, 15) is 14.9 Å². The van der Waals surface area contributed by atoms with E-state index >= 15 is 0 Å². The van der Waals surface area contributed by atoms with Crippen LogP contribution < -0.4 is 0 Å². The topological polar surface area (TPSA) is 66.7 Å². The highest BCUT2D eigenvalue weighted by Gasteiger charge is 2.37. The molecule has 1 aromatic carbocycles. The molecule has 140 valence electrons. The molecule has 0 aromatic heterocycles. The largest absolute Gasteiger partial charge is 0.340 e. The Bertz CT molecular complexity index is 708. The Morgan fingerprint density at radius 3 is 2.65 bits per heavy atom. The first kappa shape index (κ1) is 18.9. The molecular formula is C19H24ClN3O3. The molecule has 0 spiro atoms. The minimum atomic E-state index is -0.415. The molecule has 1 amide bonds. The third-order valence-corrected chi connectivity index (χ3v) is 5.68. The summed E-state index contributed by atoms with van der Waals surface area (Å²) in [6.07, 6.45) is 7.86. The summed E-state index contributed by atoms with van der Waals surface area (Å²) in [4.78, 5) is 27.0. The minimum Gasteiger partial charge on any atom is -0.340 e. The van der Waals surface area contributed by atoms with Gasteiger partial charge >= 0.3 is 0 Å². The average molecular weight is 378 g/mol. The lowest BCUT2D eigenvalue weighted by Gasteiger charge is -2.50. The summed E-state index contributed by atoms with van der Waals surface area (Å²) in [5.74, 6) is 0.237. The van der Waals surface area contributed by atoms with Gasteiger partial charge in [0.25, 0.3) is 5.69 Å². The summed E-state index contributed by atoms with van der Waals surface area (Å²) < 4.78 is 0. The van der Waals surface area contributed by atoms with Gasteiger partial charge in [-0.3, -0.25) is 19.8 Å². The third-order valence-electron chi connectivity index (χ3n) is 5.33. The molecule has 2 atom stereocenters. The lowest BCUT2D eigenvalue weighted by Crippen LogP contribution is -2.61. The number of likely N-dealkylation sites (tertiary alicyclic amines) is 1. The first-order valence-electron chi connectivity index (χ1n) is 9.13. The maximum atomic E-state index is 12.1. The summed E-state index contributed by atoms with van der Waals surface area (Å²) in [6, 6.07) is 5.25. The molecule has 0 aliphatic carbocycles. The quantitative estimate of drug-likeness (QED) is 0.579. The number of rotatable bonds is 5. The number of nitro groups is 1. The maximum Gasteiger partial charge on any atom is 0.270 e. The molecule has 0 saturated carbocycles. The van der Waals surface area contributed by atoms with Crippen molar-refractivity contribution < 1.29 is 9.72 Å². The Balaban J connectivity index is 1.68. The summed E-state index contributed by atoms with van der Waals surface area (Å²) in [5.41, 5.74) is 0.698. The Hall–Kier alpha value is -1.92. The van der Waals surface area contributed by atoms with Crippen LogP contribution in [-0.4, -0.2) is 52.3 Å². The average Bonchev–Trinajstić information content (AvgIpc) is 2.61. The standard InChI is InChI=1S/C19H24ClN3O3/c1-2-19(24)21-12-16-6-3-7-17(13-21)22(16)10-4-5-14-11-15(23(25)26)8-9-18(14)20/h4-5,8-9,11,16-17H,2-3,6-7,10,12-13H2,1H3/b5-4+. The van der Waals surface area contributed by atoms with Crippen LogP contribution in [-0.2, 0) is 4.79 Å². The van der Waals surface area contributed by atoms with Crippen LogP contribution in [0.4, 0.5) is 5.69 Å². The van der Waals surface area contributed by atoms with Crippen LogP contribution in [0.3, 0.4) is 0 Å². The van der Waals surface area contributed by atoms with E-state index in [1.807, 2.05) is 24.0 Å². The van der Waals surface area contributed by atoms with Gasteiger partial charge in [-0.05, 0) is 24.5 Å². The van der Waals surface area contributed by atoms with Crippen LogP contribution in [0.25, 0.3) is 6.08 Å². The molecule has 7 heteroatoms. The lowest BCUT2D eigenvalue weighted by atomic mass is 9.91. The third kappa shape index (κ3) is 4.07. The van der Waals surface area contributed by atoms with Crippen LogP contribution in [0.5, 0.6) is 0 Å². The Morgan fingerprint density at radius 2 is 2.04 bits per heavy atom. The number of non-ortho nitro benzene ring substituents is 1. The van der Waals surface area contributed by atoms with E-state index in [2.05, 4.69) is 4.90 Å². The van der Waals surface area contributed by atoms with Crippen molar-refractivity contribution in [2.45, 2.75) is 44.7 Å². The van der Waals surface area contributed by atoms with Crippen LogP contribution in [0, 0.1) is 10.1 Å². The van der Waals surface area contributed by atoms with Gasteiger partial charge in [-0.1, -0.05) is 37.1 Å². The van der Waals surface area contributed by atoms with E-state index < -0.39 is 4.92 Å². The predicted molar refractivity (Wildman–Crippen MR) is 102 cm³/mol. The number of halogens is 1. The maximum absolute atomic E-state index is 12.1. The number of fused-ring (bicyclic) bond motifs is 2. The molecule has 0 radical (unpaired) electrons. The number of nitrogens with zero attached hydrogens (tertiary/aromatic N) is 3. The van der Waals surface area contributed by atoms with Crippen LogP contribution >= 0.6 is 11.6 Å². The molecule has 2 saturated heterocycles. The van der Waals surface area contributed by atoms with E-state index in [4.69, 9.17) is 11.6 Å². The predicted octanol–water partition coefficient (Wildman–Crippen LogP) is 3.74. The van der Waals surface area contributed by atoms with Gasteiger partial charge < -0.3 is 4.90 Å². The molecule has 6 nitrogen and oxygen atoms in total. The number of carbonyl (C=O) groups excluding carboxylic acids is 1. The van der Waals surface area contributed by atoms with Gasteiger partial charge in [0.1, 0.15) is 0 Å². The first-order valence-corrected chi connectivity index (χ1v) is 9.51.